The van der Waals surface area contributed by atoms with Crippen molar-refractivity contribution in [2.45, 2.75) is 57.4 Å². The van der Waals surface area contributed by atoms with Gasteiger partial charge in [-0.15, -0.1) is 0 Å². The van der Waals surface area contributed by atoms with Crippen LogP contribution in [0.4, 0.5) is 0 Å². The van der Waals surface area contributed by atoms with Crippen molar-refractivity contribution in [3.63, 3.8) is 0 Å². The van der Waals surface area contributed by atoms with Crippen molar-refractivity contribution in [1.82, 2.24) is 5.32 Å². The van der Waals surface area contributed by atoms with Crippen molar-refractivity contribution < 1.29 is 14.7 Å². The van der Waals surface area contributed by atoms with Crippen LogP contribution in [0.1, 0.15) is 51.4 Å². The molecule has 0 bridgehead atoms. The third kappa shape index (κ3) is 2.54. The van der Waals surface area contributed by atoms with Gasteiger partial charge in [-0.05, 0) is 25.7 Å². The zero-order chi connectivity index (χ0) is 11.6. The lowest BCUT2D eigenvalue weighted by atomic mass is 9.71. The van der Waals surface area contributed by atoms with Crippen LogP contribution in [-0.4, -0.2) is 23.0 Å². The molecule has 4 nitrogen and oxygen atoms in total. The lowest BCUT2D eigenvalue weighted by Crippen LogP contribution is -2.39. The first kappa shape index (κ1) is 11.4. The van der Waals surface area contributed by atoms with Crippen molar-refractivity contribution in [2.24, 2.45) is 5.41 Å². The van der Waals surface area contributed by atoms with E-state index in [-0.39, 0.29) is 12.3 Å². The molecule has 0 radical (unpaired) electrons. The normalized spacial score (nSPS) is 23.8. The lowest BCUT2D eigenvalue weighted by molar-refractivity contribution is -0.154. The molecule has 2 saturated carbocycles. The Labute approximate surface area is 95.4 Å². The largest absolute Gasteiger partial charge is 0.481 e. The minimum Gasteiger partial charge on any atom is -0.481 e. The Balaban J connectivity index is 1.95. The summed E-state index contributed by atoms with van der Waals surface area (Å²) in [5.41, 5.74) is -0.781. The highest BCUT2D eigenvalue weighted by Gasteiger charge is 2.42. The lowest BCUT2D eigenvalue weighted by Gasteiger charge is -2.32. The molecular weight excluding hydrogens is 206 g/mol. The number of carboxylic acid groups (broad SMARTS) is 1. The Kier molecular flexibility index (Phi) is 3.17. The molecule has 0 heterocycles. The van der Waals surface area contributed by atoms with E-state index in [1.165, 1.54) is 0 Å². The first-order valence-corrected chi connectivity index (χ1v) is 6.15. The van der Waals surface area contributed by atoms with Crippen molar-refractivity contribution in [3.05, 3.63) is 0 Å². The summed E-state index contributed by atoms with van der Waals surface area (Å²) in [6, 6.07) is 0.321. The second kappa shape index (κ2) is 4.44. The van der Waals surface area contributed by atoms with Gasteiger partial charge in [-0.3, -0.25) is 9.59 Å². The van der Waals surface area contributed by atoms with E-state index in [1.807, 2.05) is 0 Å². The maximum atomic E-state index is 11.7. The Morgan fingerprint density at radius 3 is 2.31 bits per heavy atom. The summed E-state index contributed by atoms with van der Waals surface area (Å²) in [4.78, 5) is 23.0. The van der Waals surface area contributed by atoms with Gasteiger partial charge in [0.25, 0.3) is 0 Å². The molecule has 1 amide bonds. The average Bonchev–Trinajstić information content (AvgIpc) is 3.02. The number of nitrogens with one attached hydrogen (secondary N) is 1. The Morgan fingerprint density at radius 2 is 1.81 bits per heavy atom. The molecule has 0 aromatic rings. The molecule has 2 aliphatic carbocycles. The topological polar surface area (TPSA) is 66.4 Å². The van der Waals surface area contributed by atoms with E-state index >= 15 is 0 Å². The highest BCUT2D eigenvalue weighted by Crippen LogP contribution is 2.39. The molecule has 2 rings (SSSR count). The smallest absolute Gasteiger partial charge is 0.310 e. The van der Waals surface area contributed by atoms with Crippen LogP contribution in [0.3, 0.4) is 0 Å². The second-order valence-corrected chi connectivity index (χ2v) is 5.16. The number of carbonyl (C=O) groups excluding carboxylic acids is 1. The molecule has 2 N–H and O–H groups in total. The van der Waals surface area contributed by atoms with E-state index < -0.39 is 11.4 Å². The molecule has 0 aliphatic heterocycles. The Morgan fingerprint density at radius 1 is 1.19 bits per heavy atom. The summed E-state index contributed by atoms with van der Waals surface area (Å²) in [5.74, 6) is -0.870. The number of carboxylic acids is 1. The molecule has 0 atom stereocenters. The van der Waals surface area contributed by atoms with E-state index in [4.69, 9.17) is 0 Å². The molecule has 4 heteroatoms. The maximum absolute atomic E-state index is 11.7. The monoisotopic (exact) mass is 225 g/mol. The zero-order valence-electron chi connectivity index (χ0n) is 9.50. The average molecular weight is 225 g/mol. The highest BCUT2D eigenvalue weighted by atomic mass is 16.4. The van der Waals surface area contributed by atoms with Crippen molar-refractivity contribution >= 4 is 11.9 Å². The fraction of sp³-hybridized carbons (Fsp3) is 0.833. The van der Waals surface area contributed by atoms with Gasteiger partial charge in [0.15, 0.2) is 0 Å². The Bertz CT molecular complexity index is 291. The molecule has 0 aromatic heterocycles. The van der Waals surface area contributed by atoms with Crippen LogP contribution in [0.2, 0.25) is 0 Å². The van der Waals surface area contributed by atoms with Crippen LogP contribution in [0.15, 0.2) is 0 Å². The van der Waals surface area contributed by atoms with E-state index in [0.717, 1.165) is 32.1 Å². The van der Waals surface area contributed by atoms with Gasteiger partial charge < -0.3 is 10.4 Å². The van der Waals surface area contributed by atoms with Gasteiger partial charge in [-0.25, -0.2) is 0 Å². The molecule has 2 fully saturated rings. The van der Waals surface area contributed by atoms with Crippen molar-refractivity contribution in [1.29, 1.82) is 0 Å². The number of aliphatic carboxylic acids is 1. The molecule has 0 aromatic carbocycles. The van der Waals surface area contributed by atoms with Gasteiger partial charge >= 0.3 is 5.97 Å². The van der Waals surface area contributed by atoms with Crippen molar-refractivity contribution in [3.8, 4) is 0 Å². The summed E-state index contributed by atoms with van der Waals surface area (Å²) in [6.07, 6.45) is 6.53. The SMILES string of the molecule is O=C(CC1(C(=O)O)CCCCC1)NC1CC1. The quantitative estimate of drug-likeness (QED) is 0.765. The fourth-order valence-corrected chi connectivity index (χ4v) is 2.51. The van der Waals surface area contributed by atoms with Crippen LogP contribution in [0.5, 0.6) is 0 Å². The third-order valence-electron chi connectivity index (χ3n) is 3.71. The molecule has 2 aliphatic rings. The van der Waals surface area contributed by atoms with E-state index in [0.29, 0.717) is 18.9 Å². The summed E-state index contributed by atoms with van der Waals surface area (Å²) >= 11 is 0. The molecule has 16 heavy (non-hydrogen) atoms. The van der Waals surface area contributed by atoms with Gasteiger partial charge in [-0.1, -0.05) is 19.3 Å². The summed E-state index contributed by atoms with van der Waals surface area (Å²) in [5, 5.41) is 12.2. The molecule has 0 saturated heterocycles. The minimum absolute atomic E-state index is 0.0770. The van der Waals surface area contributed by atoms with Crippen LogP contribution < -0.4 is 5.32 Å². The van der Waals surface area contributed by atoms with Gasteiger partial charge in [0.05, 0.1) is 5.41 Å². The number of hydrogen-bond acceptors (Lipinski definition) is 2. The standard InChI is InChI=1S/C12H19NO3/c14-10(13-9-4-5-9)8-12(11(15)16)6-2-1-3-7-12/h9H,1-8H2,(H,13,14)(H,15,16). The van der Waals surface area contributed by atoms with Crippen LogP contribution >= 0.6 is 0 Å². The zero-order valence-corrected chi connectivity index (χ0v) is 9.50. The first-order chi connectivity index (χ1) is 7.62. The highest BCUT2D eigenvalue weighted by molar-refractivity contribution is 5.85. The van der Waals surface area contributed by atoms with E-state index in [2.05, 4.69) is 5.32 Å². The molecule has 90 valence electrons. The number of rotatable bonds is 4. The second-order valence-electron chi connectivity index (χ2n) is 5.16. The molecular formula is C12H19NO3. The first-order valence-electron chi connectivity index (χ1n) is 6.15. The Hall–Kier alpha value is -1.06. The maximum Gasteiger partial charge on any atom is 0.310 e. The van der Waals surface area contributed by atoms with Gasteiger partial charge in [0.2, 0.25) is 5.91 Å². The third-order valence-corrected chi connectivity index (χ3v) is 3.71. The van der Waals surface area contributed by atoms with Crippen LogP contribution in [-0.2, 0) is 9.59 Å². The van der Waals surface area contributed by atoms with Gasteiger partial charge in [0.1, 0.15) is 0 Å². The molecule has 0 unspecified atom stereocenters. The van der Waals surface area contributed by atoms with E-state index in [9.17, 15) is 14.7 Å². The summed E-state index contributed by atoms with van der Waals surface area (Å²) in [6.45, 7) is 0. The van der Waals surface area contributed by atoms with Crippen LogP contribution in [0.25, 0.3) is 0 Å². The molecule has 0 spiro atoms. The predicted molar refractivity (Wildman–Crippen MR) is 58.9 cm³/mol. The van der Waals surface area contributed by atoms with Gasteiger partial charge in [-0.2, -0.15) is 0 Å². The number of amides is 1. The summed E-state index contributed by atoms with van der Waals surface area (Å²) in [7, 11) is 0. The fourth-order valence-electron chi connectivity index (χ4n) is 2.51. The van der Waals surface area contributed by atoms with Crippen LogP contribution in [0, 0.1) is 5.41 Å². The predicted octanol–water partition coefficient (Wildman–Crippen LogP) is 1.69. The van der Waals surface area contributed by atoms with Gasteiger partial charge in [0, 0.05) is 12.5 Å². The number of carbonyl (C=O) groups is 2. The summed E-state index contributed by atoms with van der Waals surface area (Å²) < 4.78 is 0. The minimum atomic E-state index is -0.793. The van der Waals surface area contributed by atoms with E-state index in [1.54, 1.807) is 0 Å². The van der Waals surface area contributed by atoms with Crippen molar-refractivity contribution in [2.75, 3.05) is 0 Å². The number of hydrogen-bond donors (Lipinski definition) is 2.